The maximum absolute atomic E-state index is 14.5. The molecule has 1 aliphatic heterocycles. The molecule has 35 heavy (non-hydrogen) atoms. The van der Waals surface area contributed by atoms with Crippen molar-refractivity contribution in [3.63, 3.8) is 0 Å². The monoisotopic (exact) mass is 466 g/mol. The summed E-state index contributed by atoms with van der Waals surface area (Å²) in [5, 5.41) is 18.8. The van der Waals surface area contributed by atoms with Crippen LogP contribution in [0.15, 0.2) is 67.0 Å². The molecule has 0 bridgehead atoms. The van der Waals surface area contributed by atoms with Gasteiger partial charge in [-0.15, -0.1) is 0 Å². The van der Waals surface area contributed by atoms with E-state index in [1.165, 1.54) is 0 Å². The number of rotatable bonds is 6. The lowest BCUT2D eigenvalue weighted by Gasteiger charge is -2.32. The fraction of sp³-hybridized carbons (Fsp3) is 0.179. The van der Waals surface area contributed by atoms with Crippen LogP contribution in [0.3, 0.4) is 0 Å². The van der Waals surface area contributed by atoms with Crippen LogP contribution in [-0.4, -0.2) is 16.1 Å². The molecule has 7 heteroatoms. The van der Waals surface area contributed by atoms with Crippen LogP contribution in [0.5, 0.6) is 0 Å². The summed E-state index contributed by atoms with van der Waals surface area (Å²) < 4.78 is 14.5. The summed E-state index contributed by atoms with van der Waals surface area (Å²) in [6, 6.07) is 17.4. The summed E-state index contributed by atoms with van der Waals surface area (Å²) in [5.74, 6) is -0.749. The van der Waals surface area contributed by atoms with Crippen LogP contribution in [0.1, 0.15) is 58.9 Å². The number of aromatic nitrogens is 1. The number of benzene rings is 2. The Morgan fingerprint density at radius 3 is 2.60 bits per heavy atom. The molecule has 1 aliphatic carbocycles. The molecule has 6 nitrogen and oxygen atoms in total. The molecule has 0 saturated heterocycles. The van der Waals surface area contributed by atoms with E-state index in [4.69, 9.17) is 5.11 Å². The fourth-order valence-electron chi connectivity index (χ4n) is 4.64. The van der Waals surface area contributed by atoms with Crippen molar-refractivity contribution in [2.75, 3.05) is 5.43 Å². The lowest BCUT2D eigenvalue weighted by molar-refractivity contribution is -0.131. The normalized spacial score (nSPS) is 17.8. The van der Waals surface area contributed by atoms with Gasteiger partial charge in [-0.25, -0.2) is 14.6 Å². The van der Waals surface area contributed by atoms with Crippen molar-refractivity contribution in [2.45, 2.75) is 25.6 Å². The zero-order valence-electron chi connectivity index (χ0n) is 18.8. The molecule has 3 N–H and O–H groups in total. The van der Waals surface area contributed by atoms with Gasteiger partial charge in [-0.3, -0.25) is 4.98 Å². The third-order valence-corrected chi connectivity index (χ3v) is 6.58. The number of nitriles is 1. The summed E-state index contributed by atoms with van der Waals surface area (Å²) in [7, 11) is 0. The standard InChI is InChI=1S/C28H23FN4O2/c29-28-23-14-20(9-10-24(23)32-33-28)26(19-7-4-17(5-8-19)6-11-25(34)35)27(18-2-1-3-18)22-12-13-31-16-21(22)15-30/h4-14,16,18,28,32-33H,1-3H2,(H,34,35)/b11-6+,27-26+. The Morgan fingerprint density at radius 1 is 1.14 bits per heavy atom. The van der Waals surface area contributed by atoms with Crippen molar-refractivity contribution in [3.8, 4) is 6.07 Å². The van der Waals surface area contributed by atoms with Gasteiger partial charge in [0.25, 0.3) is 0 Å². The number of pyridine rings is 1. The molecular weight excluding hydrogens is 443 g/mol. The highest BCUT2D eigenvalue weighted by atomic mass is 19.1. The lowest BCUT2D eigenvalue weighted by atomic mass is 9.72. The number of nitrogens with one attached hydrogen (secondary N) is 2. The van der Waals surface area contributed by atoms with E-state index in [1.807, 2.05) is 48.5 Å². The smallest absolute Gasteiger partial charge is 0.328 e. The SMILES string of the molecule is N#Cc1cnccc1/C(=C(\c1ccc(/C=C/C(=O)O)cc1)c1ccc2c(c1)C(F)NN2)C1CCC1. The molecule has 2 heterocycles. The molecular formula is C28H23FN4O2. The van der Waals surface area contributed by atoms with Crippen LogP contribution < -0.4 is 10.9 Å². The van der Waals surface area contributed by atoms with Crippen LogP contribution >= 0.6 is 0 Å². The first-order chi connectivity index (χ1) is 17.0. The van der Waals surface area contributed by atoms with E-state index < -0.39 is 12.3 Å². The number of carboxylic acid groups (broad SMARTS) is 1. The van der Waals surface area contributed by atoms with Crippen molar-refractivity contribution < 1.29 is 14.3 Å². The van der Waals surface area contributed by atoms with Gasteiger partial charge in [0, 0.05) is 24.0 Å². The number of nitrogens with zero attached hydrogens (tertiary/aromatic N) is 2. The van der Waals surface area contributed by atoms with Gasteiger partial charge in [0.05, 0.1) is 11.3 Å². The predicted octanol–water partition coefficient (Wildman–Crippen LogP) is 5.71. The number of aliphatic carboxylic acids is 1. The van der Waals surface area contributed by atoms with Crippen LogP contribution in [0, 0.1) is 17.2 Å². The summed E-state index contributed by atoms with van der Waals surface area (Å²) in [4.78, 5) is 15.1. The molecule has 1 unspecified atom stereocenters. The van der Waals surface area contributed by atoms with Gasteiger partial charge >= 0.3 is 5.97 Å². The maximum atomic E-state index is 14.5. The summed E-state index contributed by atoms with van der Waals surface area (Å²) in [5.41, 5.74) is 12.6. The van der Waals surface area contributed by atoms with Crippen molar-refractivity contribution in [3.05, 3.63) is 100 Å². The molecule has 2 aliphatic rings. The highest BCUT2D eigenvalue weighted by Crippen LogP contribution is 2.46. The first-order valence-electron chi connectivity index (χ1n) is 11.4. The molecule has 0 amide bonds. The van der Waals surface area contributed by atoms with Crippen LogP contribution in [0.2, 0.25) is 0 Å². The van der Waals surface area contributed by atoms with Crippen LogP contribution in [0.4, 0.5) is 10.1 Å². The zero-order chi connectivity index (χ0) is 24.4. The lowest BCUT2D eigenvalue weighted by Crippen LogP contribution is -2.16. The Morgan fingerprint density at radius 2 is 1.91 bits per heavy atom. The van der Waals surface area contributed by atoms with Crippen molar-refractivity contribution >= 4 is 28.9 Å². The van der Waals surface area contributed by atoms with Gasteiger partial charge in [-0.1, -0.05) is 36.8 Å². The summed E-state index contributed by atoms with van der Waals surface area (Å²) in [6.07, 6.45) is 7.72. The minimum absolute atomic E-state index is 0.261. The zero-order valence-corrected chi connectivity index (χ0v) is 18.8. The largest absolute Gasteiger partial charge is 0.478 e. The van der Waals surface area contributed by atoms with Crippen molar-refractivity contribution in [1.82, 2.24) is 10.4 Å². The van der Waals surface area contributed by atoms with Gasteiger partial charge in [-0.2, -0.15) is 5.26 Å². The average molecular weight is 467 g/mol. The number of hydrogen-bond acceptors (Lipinski definition) is 5. The van der Waals surface area contributed by atoms with Crippen molar-refractivity contribution in [1.29, 1.82) is 5.26 Å². The number of fused-ring (bicyclic) bond motifs is 1. The van der Waals surface area contributed by atoms with E-state index in [9.17, 15) is 14.4 Å². The number of carbonyl (C=O) groups is 1. The van der Waals surface area contributed by atoms with Gasteiger partial charge in [0.1, 0.15) is 6.07 Å². The van der Waals surface area contributed by atoms with Crippen molar-refractivity contribution in [2.24, 2.45) is 5.92 Å². The van der Waals surface area contributed by atoms with E-state index in [-0.39, 0.29) is 5.92 Å². The number of alkyl halides is 1. The molecule has 0 radical (unpaired) electrons. The Hall–Kier alpha value is -4.28. The molecule has 174 valence electrons. The highest BCUT2D eigenvalue weighted by Gasteiger charge is 2.30. The Bertz CT molecular complexity index is 1380. The number of allylic oxidation sites excluding steroid dienone is 1. The van der Waals surface area contributed by atoms with E-state index in [0.29, 0.717) is 16.8 Å². The van der Waals surface area contributed by atoms with E-state index >= 15 is 0 Å². The second kappa shape index (κ2) is 9.53. The molecule has 0 spiro atoms. The molecule has 1 atom stereocenters. The third-order valence-electron chi connectivity index (χ3n) is 6.58. The predicted molar refractivity (Wildman–Crippen MR) is 132 cm³/mol. The third kappa shape index (κ3) is 4.44. The quantitative estimate of drug-likeness (QED) is 0.318. The minimum Gasteiger partial charge on any atom is -0.478 e. The molecule has 5 rings (SSSR count). The summed E-state index contributed by atoms with van der Waals surface area (Å²) in [6.45, 7) is 0. The van der Waals surface area contributed by atoms with Gasteiger partial charge in [-0.05, 0) is 76.4 Å². The Kier molecular flexibility index (Phi) is 6.13. The molecule has 2 aromatic carbocycles. The number of carboxylic acids is 1. The van der Waals surface area contributed by atoms with Gasteiger partial charge < -0.3 is 10.5 Å². The number of halogens is 1. The van der Waals surface area contributed by atoms with E-state index in [2.05, 4.69) is 21.9 Å². The number of anilines is 1. The summed E-state index contributed by atoms with van der Waals surface area (Å²) >= 11 is 0. The molecule has 3 aromatic rings. The van der Waals surface area contributed by atoms with Gasteiger partial charge in [0.2, 0.25) is 0 Å². The Balaban J connectivity index is 1.75. The van der Waals surface area contributed by atoms with E-state index in [0.717, 1.165) is 58.7 Å². The minimum atomic E-state index is -1.32. The number of hydrogen-bond donors (Lipinski definition) is 3. The molecule has 1 saturated carbocycles. The van der Waals surface area contributed by atoms with Gasteiger partial charge in [0.15, 0.2) is 6.30 Å². The van der Waals surface area contributed by atoms with Crippen LogP contribution in [-0.2, 0) is 4.79 Å². The number of hydrazine groups is 1. The molecule has 1 aromatic heterocycles. The first-order valence-corrected chi connectivity index (χ1v) is 11.4. The fourth-order valence-corrected chi connectivity index (χ4v) is 4.64. The average Bonchev–Trinajstić information content (AvgIpc) is 3.22. The topological polar surface area (TPSA) is 98.0 Å². The van der Waals surface area contributed by atoms with Crippen LogP contribution in [0.25, 0.3) is 17.2 Å². The highest BCUT2D eigenvalue weighted by molar-refractivity contribution is 6.01. The Labute approximate surface area is 202 Å². The van der Waals surface area contributed by atoms with E-state index in [1.54, 1.807) is 18.5 Å². The second-order valence-corrected chi connectivity index (χ2v) is 8.68. The maximum Gasteiger partial charge on any atom is 0.328 e. The second-order valence-electron chi connectivity index (χ2n) is 8.68. The first kappa shape index (κ1) is 22.5. The molecule has 1 fully saturated rings.